The van der Waals surface area contributed by atoms with Crippen LogP contribution in [0.5, 0.6) is 0 Å². The van der Waals surface area contributed by atoms with E-state index in [0.29, 0.717) is 11.6 Å². The van der Waals surface area contributed by atoms with Crippen LogP contribution in [0.2, 0.25) is 0 Å². The Labute approximate surface area is 184 Å². The molecule has 0 amide bonds. The van der Waals surface area contributed by atoms with Gasteiger partial charge in [0, 0.05) is 44.6 Å². The highest BCUT2D eigenvalue weighted by Gasteiger charge is 2.19. The maximum absolute atomic E-state index is 12.5. The van der Waals surface area contributed by atoms with Gasteiger partial charge in [0.2, 0.25) is 0 Å². The van der Waals surface area contributed by atoms with Gasteiger partial charge in [-0.15, -0.1) is 0 Å². The zero-order valence-corrected chi connectivity index (χ0v) is 18.5. The molecule has 2 aromatic carbocycles. The Morgan fingerprint density at radius 2 is 1.71 bits per heavy atom. The Hall–Kier alpha value is -2.41. The molecule has 2 aromatic rings. The highest BCUT2D eigenvalue weighted by atomic mass is 16.5. The quantitative estimate of drug-likeness (QED) is 0.711. The monoisotopic (exact) mass is 424 g/mol. The highest BCUT2D eigenvalue weighted by Crippen LogP contribution is 2.31. The molecule has 166 valence electrons. The molecule has 2 heterocycles. The van der Waals surface area contributed by atoms with E-state index in [4.69, 9.17) is 14.2 Å². The van der Waals surface area contributed by atoms with Gasteiger partial charge >= 0.3 is 5.97 Å². The first-order chi connectivity index (χ1) is 15.1. The van der Waals surface area contributed by atoms with Gasteiger partial charge in [-0.25, -0.2) is 4.79 Å². The molecule has 31 heavy (non-hydrogen) atoms. The molecule has 0 saturated carbocycles. The molecule has 1 N–H and O–H groups in total. The van der Waals surface area contributed by atoms with E-state index < -0.39 is 0 Å². The van der Waals surface area contributed by atoms with Gasteiger partial charge in [-0.2, -0.15) is 0 Å². The summed E-state index contributed by atoms with van der Waals surface area (Å²) >= 11 is 0. The summed E-state index contributed by atoms with van der Waals surface area (Å²) in [6.45, 7) is 8.01. The van der Waals surface area contributed by atoms with E-state index >= 15 is 0 Å². The lowest BCUT2D eigenvalue weighted by Crippen LogP contribution is -2.35. The lowest BCUT2D eigenvalue weighted by Gasteiger charge is -2.26. The first kappa shape index (κ1) is 21.8. The number of ether oxygens (including phenoxy) is 3. The molecule has 2 fully saturated rings. The third-order valence-electron chi connectivity index (χ3n) is 6.19. The minimum absolute atomic E-state index is 0.307. The van der Waals surface area contributed by atoms with Gasteiger partial charge in [0.25, 0.3) is 0 Å². The van der Waals surface area contributed by atoms with Crippen molar-refractivity contribution in [3.05, 3.63) is 53.1 Å². The number of nitrogens with zero attached hydrogens (tertiary/aromatic N) is 1. The zero-order chi connectivity index (χ0) is 21.6. The molecule has 0 aromatic heterocycles. The highest BCUT2D eigenvalue weighted by molar-refractivity contribution is 5.95. The fourth-order valence-corrected chi connectivity index (χ4v) is 4.23. The SMILES string of the molecule is COC(=O)c1cc(-c2ccc(CN3CCOCC3)cc2)cc(NC2CCOCC2)c1C. The summed E-state index contributed by atoms with van der Waals surface area (Å²) < 4.78 is 16.0. The summed E-state index contributed by atoms with van der Waals surface area (Å²) in [6.07, 6.45) is 1.93. The number of rotatable bonds is 6. The van der Waals surface area contributed by atoms with Crippen molar-refractivity contribution in [2.45, 2.75) is 32.4 Å². The second-order valence-corrected chi connectivity index (χ2v) is 8.30. The van der Waals surface area contributed by atoms with Crippen LogP contribution in [-0.2, 0) is 20.8 Å². The van der Waals surface area contributed by atoms with E-state index in [1.54, 1.807) is 0 Å². The van der Waals surface area contributed by atoms with E-state index in [9.17, 15) is 4.79 Å². The molecule has 6 heteroatoms. The molecule has 4 rings (SSSR count). The number of esters is 1. The second kappa shape index (κ2) is 10.3. The lowest BCUT2D eigenvalue weighted by molar-refractivity contribution is 0.0342. The first-order valence-corrected chi connectivity index (χ1v) is 11.1. The second-order valence-electron chi connectivity index (χ2n) is 8.30. The summed E-state index contributed by atoms with van der Waals surface area (Å²) in [7, 11) is 1.43. The molecule has 0 spiro atoms. The molecule has 2 saturated heterocycles. The maximum atomic E-state index is 12.5. The van der Waals surface area contributed by atoms with Crippen molar-refractivity contribution in [2.75, 3.05) is 51.9 Å². The van der Waals surface area contributed by atoms with Crippen LogP contribution in [0.1, 0.15) is 34.3 Å². The van der Waals surface area contributed by atoms with Crippen LogP contribution in [0.3, 0.4) is 0 Å². The van der Waals surface area contributed by atoms with Crippen LogP contribution in [0.15, 0.2) is 36.4 Å². The summed E-state index contributed by atoms with van der Waals surface area (Å²) in [5.74, 6) is -0.307. The minimum atomic E-state index is -0.307. The smallest absolute Gasteiger partial charge is 0.338 e. The molecule has 0 unspecified atom stereocenters. The van der Waals surface area contributed by atoms with Gasteiger partial charge in [-0.3, -0.25) is 4.90 Å². The number of methoxy groups -OCH3 is 1. The molecule has 0 aliphatic carbocycles. The van der Waals surface area contributed by atoms with Crippen LogP contribution in [0.25, 0.3) is 11.1 Å². The van der Waals surface area contributed by atoms with Crippen molar-refractivity contribution in [1.82, 2.24) is 4.90 Å². The predicted molar refractivity (Wildman–Crippen MR) is 122 cm³/mol. The van der Waals surface area contributed by atoms with Crippen molar-refractivity contribution in [1.29, 1.82) is 0 Å². The molecular weight excluding hydrogens is 392 g/mol. The van der Waals surface area contributed by atoms with Crippen LogP contribution in [-0.4, -0.2) is 63.5 Å². The average Bonchev–Trinajstić information content (AvgIpc) is 2.82. The van der Waals surface area contributed by atoms with Crippen LogP contribution in [0, 0.1) is 6.92 Å². The molecule has 2 aliphatic rings. The summed E-state index contributed by atoms with van der Waals surface area (Å²) in [5.41, 5.74) is 5.90. The molecular formula is C25H32N2O4. The number of nitrogens with one attached hydrogen (secondary N) is 1. The van der Waals surface area contributed by atoms with Gasteiger partial charge in [0.05, 0.1) is 25.9 Å². The van der Waals surface area contributed by atoms with Crippen LogP contribution in [0.4, 0.5) is 5.69 Å². The third-order valence-corrected chi connectivity index (χ3v) is 6.19. The average molecular weight is 425 g/mol. The van der Waals surface area contributed by atoms with Crippen LogP contribution >= 0.6 is 0 Å². The molecule has 0 atom stereocenters. The third kappa shape index (κ3) is 5.45. The predicted octanol–water partition coefficient (Wildman–Crippen LogP) is 3.87. The zero-order valence-electron chi connectivity index (χ0n) is 18.5. The van der Waals surface area contributed by atoms with E-state index in [-0.39, 0.29) is 5.97 Å². The standard InChI is InChI=1S/C25H32N2O4/c1-18-23(25(28)29-2)15-21(16-24(18)26-22-7-11-30-12-8-22)20-5-3-19(4-6-20)17-27-9-13-31-14-10-27/h3-6,15-16,22,26H,7-14,17H2,1-2H3. The summed E-state index contributed by atoms with van der Waals surface area (Å²) in [4.78, 5) is 14.9. The van der Waals surface area contributed by atoms with Gasteiger partial charge in [0.1, 0.15) is 0 Å². The van der Waals surface area contributed by atoms with E-state index in [1.807, 2.05) is 13.0 Å². The van der Waals surface area contributed by atoms with Crippen molar-refractivity contribution >= 4 is 11.7 Å². The molecule has 0 radical (unpaired) electrons. The van der Waals surface area contributed by atoms with Crippen molar-refractivity contribution in [2.24, 2.45) is 0 Å². The van der Waals surface area contributed by atoms with E-state index in [0.717, 1.165) is 81.3 Å². The first-order valence-electron chi connectivity index (χ1n) is 11.1. The number of hydrogen-bond donors (Lipinski definition) is 1. The van der Waals surface area contributed by atoms with Crippen molar-refractivity contribution < 1.29 is 19.0 Å². The normalized spacial score (nSPS) is 18.0. The minimum Gasteiger partial charge on any atom is -0.465 e. The molecule has 0 bridgehead atoms. The number of anilines is 1. The van der Waals surface area contributed by atoms with Gasteiger partial charge in [-0.1, -0.05) is 24.3 Å². The van der Waals surface area contributed by atoms with E-state index in [1.165, 1.54) is 12.7 Å². The van der Waals surface area contributed by atoms with Crippen molar-refractivity contribution in [3.8, 4) is 11.1 Å². The van der Waals surface area contributed by atoms with Crippen LogP contribution < -0.4 is 5.32 Å². The summed E-state index contributed by atoms with van der Waals surface area (Å²) in [6, 6.07) is 13.1. The van der Waals surface area contributed by atoms with E-state index in [2.05, 4.69) is 40.5 Å². The fraction of sp³-hybridized carbons (Fsp3) is 0.480. The van der Waals surface area contributed by atoms with Crippen molar-refractivity contribution in [3.63, 3.8) is 0 Å². The fourth-order valence-electron chi connectivity index (χ4n) is 4.23. The number of benzene rings is 2. The topological polar surface area (TPSA) is 60.0 Å². The number of carbonyl (C=O) groups excluding carboxylic acids is 1. The number of morpholine rings is 1. The largest absolute Gasteiger partial charge is 0.465 e. The Bertz CT molecular complexity index is 885. The molecule has 6 nitrogen and oxygen atoms in total. The Morgan fingerprint density at radius 1 is 1.03 bits per heavy atom. The Balaban J connectivity index is 1.58. The Kier molecular flexibility index (Phi) is 7.22. The number of carbonyl (C=O) groups is 1. The lowest BCUT2D eigenvalue weighted by atomic mass is 9.96. The summed E-state index contributed by atoms with van der Waals surface area (Å²) in [5, 5.41) is 3.64. The van der Waals surface area contributed by atoms with Gasteiger partial charge < -0.3 is 19.5 Å². The molecule has 2 aliphatic heterocycles. The number of hydrogen-bond acceptors (Lipinski definition) is 6. The maximum Gasteiger partial charge on any atom is 0.338 e. The van der Waals surface area contributed by atoms with Gasteiger partial charge in [-0.05, 0) is 54.2 Å². The Morgan fingerprint density at radius 3 is 2.39 bits per heavy atom. The van der Waals surface area contributed by atoms with Gasteiger partial charge in [0.15, 0.2) is 0 Å².